The average Bonchev–Trinajstić information content (AvgIpc) is 2.68. The Morgan fingerprint density at radius 3 is 2.38 bits per heavy atom. The molecule has 2 N–H and O–H groups in total. The monoisotopic (exact) mass is 350 g/mol. The van der Waals surface area contributed by atoms with Gasteiger partial charge in [-0.3, -0.25) is 4.79 Å². The van der Waals surface area contributed by atoms with Crippen LogP contribution in [0.25, 0.3) is 0 Å². The first-order chi connectivity index (χ1) is 12.6. The Bertz CT molecular complexity index is 851. The third-order valence-corrected chi connectivity index (χ3v) is 3.93. The van der Waals surface area contributed by atoms with Gasteiger partial charge < -0.3 is 10.6 Å². The summed E-state index contributed by atoms with van der Waals surface area (Å²) in [6, 6.07) is 19.1. The highest BCUT2D eigenvalue weighted by Gasteiger charge is 2.13. The number of carbonyl (C=O) groups is 1. The van der Waals surface area contributed by atoms with Crippen LogP contribution in [0.1, 0.15) is 34.6 Å². The lowest BCUT2D eigenvalue weighted by Gasteiger charge is -2.13. The van der Waals surface area contributed by atoms with Crippen LogP contribution >= 0.6 is 0 Å². The zero-order valence-corrected chi connectivity index (χ0v) is 14.3. The SMILES string of the molecule is CC(NC(=O)c1ccc(NCc2ccc(F)cc2)nn1)c1ccccc1. The van der Waals surface area contributed by atoms with Gasteiger partial charge >= 0.3 is 0 Å². The molecule has 132 valence electrons. The van der Waals surface area contributed by atoms with Crippen molar-refractivity contribution in [1.29, 1.82) is 0 Å². The Balaban J connectivity index is 1.56. The van der Waals surface area contributed by atoms with E-state index in [1.165, 1.54) is 12.1 Å². The summed E-state index contributed by atoms with van der Waals surface area (Å²) in [6.45, 7) is 2.41. The molecule has 0 aliphatic rings. The molecule has 0 radical (unpaired) electrons. The topological polar surface area (TPSA) is 66.9 Å². The molecule has 0 spiro atoms. The van der Waals surface area contributed by atoms with E-state index in [9.17, 15) is 9.18 Å². The fourth-order valence-electron chi connectivity index (χ4n) is 2.44. The van der Waals surface area contributed by atoms with Gasteiger partial charge in [0.25, 0.3) is 5.91 Å². The highest BCUT2D eigenvalue weighted by atomic mass is 19.1. The minimum Gasteiger partial charge on any atom is -0.365 e. The van der Waals surface area contributed by atoms with Gasteiger partial charge in [-0.25, -0.2) is 4.39 Å². The van der Waals surface area contributed by atoms with Crippen molar-refractivity contribution in [2.45, 2.75) is 19.5 Å². The maximum absolute atomic E-state index is 12.9. The summed E-state index contributed by atoms with van der Waals surface area (Å²) in [5.74, 6) is -0.00504. The maximum atomic E-state index is 12.9. The first-order valence-electron chi connectivity index (χ1n) is 8.29. The van der Waals surface area contributed by atoms with Crippen molar-refractivity contribution in [1.82, 2.24) is 15.5 Å². The Labute approximate surface area is 151 Å². The molecule has 0 fully saturated rings. The lowest BCUT2D eigenvalue weighted by atomic mass is 10.1. The Hall–Kier alpha value is -3.28. The van der Waals surface area contributed by atoms with Gasteiger partial charge in [-0.05, 0) is 42.3 Å². The van der Waals surface area contributed by atoms with Crippen LogP contribution in [-0.4, -0.2) is 16.1 Å². The predicted molar refractivity (Wildman–Crippen MR) is 98.1 cm³/mol. The molecule has 0 aliphatic heterocycles. The van der Waals surface area contributed by atoms with Crippen LogP contribution in [0.2, 0.25) is 0 Å². The number of aromatic nitrogens is 2. The molecular weight excluding hydrogens is 331 g/mol. The van der Waals surface area contributed by atoms with Gasteiger partial charge in [-0.2, -0.15) is 0 Å². The van der Waals surface area contributed by atoms with Crippen LogP contribution in [0.15, 0.2) is 66.7 Å². The molecule has 3 rings (SSSR count). The quantitative estimate of drug-likeness (QED) is 0.711. The van der Waals surface area contributed by atoms with Crippen molar-refractivity contribution in [2.75, 3.05) is 5.32 Å². The number of nitrogens with zero attached hydrogens (tertiary/aromatic N) is 2. The van der Waals surface area contributed by atoms with Gasteiger partial charge in [0.2, 0.25) is 0 Å². The largest absolute Gasteiger partial charge is 0.365 e. The summed E-state index contributed by atoms with van der Waals surface area (Å²) in [7, 11) is 0. The molecule has 0 bridgehead atoms. The minimum atomic E-state index is -0.279. The molecule has 6 heteroatoms. The first-order valence-corrected chi connectivity index (χ1v) is 8.29. The second-order valence-electron chi connectivity index (χ2n) is 5.89. The molecule has 1 atom stereocenters. The second-order valence-corrected chi connectivity index (χ2v) is 5.89. The number of anilines is 1. The van der Waals surface area contributed by atoms with E-state index < -0.39 is 0 Å². The van der Waals surface area contributed by atoms with E-state index in [2.05, 4.69) is 20.8 Å². The standard InChI is InChI=1S/C20H19FN4O/c1-14(16-5-3-2-4-6-16)23-20(26)18-11-12-19(25-24-18)22-13-15-7-9-17(21)10-8-15/h2-12,14H,13H2,1H3,(H,22,25)(H,23,26). The lowest BCUT2D eigenvalue weighted by molar-refractivity contribution is 0.0934. The third kappa shape index (κ3) is 4.63. The average molecular weight is 350 g/mol. The molecule has 0 aliphatic carbocycles. The van der Waals surface area contributed by atoms with Crippen LogP contribution in [0.4, 0.5) is 10.2 Å². The van der Waals surface area contributed by atoms with Crippen molar-refractivity contribution < 1.29 is 9.18 Å². The Morgan fingerprint density at radius 2 is 1.73 bits per heavy atom. The number of hydrogen-bond donors (Lipinski definition) is 2. The molecular formula is C20H19FN4O. The van der Waals surface area contributed by atoms with Gasteiger partial charge in [0.1, 0.15) is 11.6 Å². The zero-order valence-electron chi connectivity index (χ0n) is 14.3. The smallest absolute Gasteiger partial charge is 0.272 e. The number of carbonyl (C=O) groups excluding carboxylic acids is 1. The Morgan fingerprint density at radius 1 is 1.00 bits per heavy atom. The van der Waals surface area contributed by atoms with E-state index in [1.54, 1.807) is 24.3 Å². The number of halogens is 1. The second kappa shape index (κ2) is 8.20. The van der Waals surface area contributed by atoms with Crippen molar-refractivity contribution in [2.24, 2.45) is 0 Å². The van der Waals surface area contributed by atoms with E-state index in [-0.39, 0.29) is 23.5 Å². The minimum absolute atomic E-state index is 0.123. The fraction of sp³-hybridized carbons (Fsp3) is 0.150. The number of hydrogen-bond acceptors (Lipinski definition) is 4. The van der Waals surface area contributed by atoms with E-state index in [1.807, 2.05) is 37.3 Å². The number of rotatable bonds is 6. The summed E-state index contributed by atoms with van der Waals surface area (Å²) < 4.78 is 12.9. The van der Waals surface area contributed by atoms with Crippen molar-refractivity contribution >= 4 is 11.7 Å². The third-order valence-electron chi connectivity index (χ3n) is 3.93. The zero-order chi connectivity index (χ0) is 18.4. The van der Waals surface area contributed by atoms with Crippen molar-refractivity contribution in [3.8, 4) is 0 Å². The van der Waals surface area contributed by atoms with Gasteiger partial charge in [-0.1, -0.05) is 42.5 Å². The molecule has 0 saturated carbocycles. The summed E-state index contributed by atoms with van der Waals surface area (Å²) in [4.78, 5) is 12.3. The van der Waals surface area contributed by atoms with Gasteiger partial charge in [0, 0.05) is 6.54 Å². The first kappa shape index (κ1) is 17.5. The predicted octanol–water partition coefficient (Wildman–Crippen LogP) is 3.72. The van der Waals surface area contributed by atoms with Crippen molar-refractivity contribution in [3.05, 3.63) is 89.4 Å². The highest BCUT2D eigenvalue weighted by Crippen LogP contribution is 2.12. The molecule has 1 amide bonds. The van der Waals surface area contributed by atoms with Gasteiger partial charge in [0.05, 0.1) is 6.04 Å². The molecule has 0 saturated heterocycles. The summed E-state index contributed by atoms with van der Waals surface area (Å²) in [5.41, 5.74) is 2.19. The molecule has 5 nitrogen and oxygen atoms in total. The molecule has 26 heavy (non-hydrogen) atoms. The van der Waals surface area contributed by atoms with E-state index in [0.29, 0.717) is 12.4 Å². The van der Waals surface area contributed by atoms with E-state index in [4.69, 9.17) is 0 Å². The van der Waals surface area contributed by atoms with E-state index in [0.717, 1.165) is 11.1 Å². The summed E-state index contributed by atoms with van der Waals surface area (Å²) in [6.07, 6.45) is 0. The lowest BCUT2D eigenvalue weighted by Crippen LogP contribution is -2.27. The number of amides is 1. The highest BCUT2D eigenvalue weighted by molar-refractivity contribution is 5.92. The normalized spacial score (nSPS) is 11.6. The molecule has 1 heterocycles. The summed E-state index contributed by atoms with van der Waals surface area (Å²) >= 11 is 0. The number of benzene rings is 2. The molecule has 1 unspecified atom stereocenters. The Kier molecular flexibility index (Phi) is 5.53. The van der Waals surface area contributed by atoms with Crippen molar-refractivity contribution in [3.63, 3.8) is 0 Å². The summed E-state index contributed by atoms with van der Waals surface area (Å²) in [5, 5.41) is 14.0. The fourth-order valence-corrected chi connectivity index (χ4v) is 2.44. The van der Waals surface area contributed by atoms with E-state index >= 15 is 0 Å². The maximum Gasteiger partial charge on any atom is 0.272 e. The van der Waals surface area contributed by atoms with Crippen LogP contribution in [0.5, 0.6) is 0 Å². The molecule has 3 aromatic rings. The number of nitrogens with one attached hydrogen (secondary N) is 2. The van der Waals surface area contributed by atoms with Gasteiger partial charge in [0.15, 0.2) is 5.69 Å². The van der Waals surface area contributed by atoms with Crippen LogP contribution < -0.4 is 10.6 Å². The van der Waals surface area contributed by atoms with Crippen LogP contribution in [0.3, 0.4) is 0 Å². The van der Waals surface area contributed by atoms with Crippen LogP contribution in [-0.2, 0) is 6.54 Å². The van der Waals surface area contributed by atoms with Gasteiger partial charge in [-0.15, -0.1) is 10.2 Å². The molecule has 2 aromatic carbocycles. The van der Waals surface area contributed by atoms with Crippen LogP contribution in [0, 0.1) is 5.82 Å². The molecule has 1 aromatic heterocycles.